The number of hydrogen-bond donors (Lipinski definition) is 1. The highest BCUT2D eigenvalue weighted by molar-refractivity contribution is 5.99. The van der Waals surface area contributed by atoms with Gasteiger partial charge in [-0.25, -0.2) is 0 Å². The van der Waals surface area contributed by atoms with E-state index in [0.717, 1.165) is 0 Å². The van der Waals surface area contributed by atoms with Gasteiger partial charge in [-0.05, 0) is 24.6 Å². The number of aryl methyl sites for hydroxylation is 1. The molecule has 0 saturated heterocycles. The maximum absolute atomic E-state index is 3.28. The second-order valence-electron chi connectivity index (χ2n) is 3.73. The number of hydrogen-bond acceptors (Lipinski definition) is 0. The smallest absolute Gasteiger partial charge is 0.0533 e. The zero-order valence-electron chi connectivity index (χ0n) is 8.04. The summed E-state index contributed by atoms with van der Waals surface area (Å²) in [7, 11) is 0. The molecule has 2 aliphatic rings. The van der Waals surface area contributed by atoms with Gasteiger partial charge in [0.1, 0.15) is 0 Å². The van der Waals surface area contributed by atoms with Crippen molar-refractivity contribution >= 4 is 10.9 Å². The van der Waals surface area contributed by atoms with Crippen molar-refractivity contribution in [1.82, 2.24) is 4.98 Å². The van der Waals surface area contributed by atoms with Gasteiger partial charge in [0.05, 0.1) is 5.52 Å². The van der Waals surface area contributed by atoms with Crippen LogP contribution in [-0.4, -0.2) is 4.98 Å². The minimum atomic E-state index is 1.25. The molecule has 0 bridgehead atoms. The summed E-state index contributed by atoms with van der Waals surface area (Å²) in [4.78, 5) is 3.28. The van der Waals surface area contributed by atoms with Crippen LogP contribution in [0, 0.1) is 6.92 Å². The molecule has 1 nitrogen and oxygen atoms in total. The second kappa shape index (κ2) is 2.61. The molecule has 0 unspecified atom stereocenters. The Bertz CT molecular complexity index is 563. The Morgan fingerprint density at radius 3 is 2.79 bits per heavy atom. The van der Waals surface area contributed by atoms with Gasteiger partial charge in [-0.15, -0.1) is 0 Å². The summed E-state index contributed by atoms with van der Waals surface area (Å²) in [5.74, 6) is 0. The highest BCUT2D eigenvalue weighted by atomic mass is 14.7. The third-order valence-electron chi connectivity index (χ3n) is 2.71. The highest BCUT2D eigenvalue weighted by Gasteiger charge is 2.07. The van der Waals surface area contributed by atoms with Crippen molar-refractivity contribution in [3.63, 3.8) is 0 Å². The predicted molar refractivity (Wildman–Crippen MR) is 59.7 cm³/mol. The van der Waals surface area contributed by atoms with Crippen LogP contribution in [0.5, 0.6) is 0 Å². The van der Waals surface area contributed by atoms with E-state index in [1.54, 1.807) is 0 Å². The Balaban J connectivity index is 2.48. The molecule has 1 heterocycles. The molecule has 14 heavy (non-hydrogen) atoms. The van der Waals surface area contributed by atoms with Crippen LogP contribution >= 0.6 is 0 Å². The molecule has 0 aliphatic heterocycles. The molecule has 1 heteroatoms. The summed E-state index contributed by atoms with van der Waals surface area (Å²) >= 11 is 0. The van der Waals surface area contributed by atoms with Gasteiger partial charge < -0.3 is 4.98 Å². The molecular weight excluding hydrogens is 170 g/mol. The van der Waals surface area contributed by atoms with Gasteiger partial charge in [0.2, 0.25) is 0 Å². The van der Waals surface area contributed by atoms with Gasteiger partial charge in [-0.3, -0.25) is 0 Å². The van der Waals surface area contributed by atoms with Crippen LogP contribution in [0.1, 0.15) is 5.56 Å². The zero-order valence-corrected chi connectivity index (χ0v) is 8.04. The van der Waals surface area contributed by atoms with Crippen LogP contribution in [0.4, 0.5) is 0 Å². The maximum atomic E-state index is 3.28. The van der Waals surface area contributed by atoms with Gasteiger partial charge in [0, 0.05) is 17.1 Å². The largest absolute Gasteiger partial charge is 0.361 e. The second-order valence-corrected chi connectivity index (χ2v) is 3.73. The summed E-state index contributed by atoms with van der Waals surface area (Å²) in [6, 6.07) is 13.0. The molecule has 0 radical (unpaired) electrons. The van der Waals surface area contributed by atoms with E-state index in [-0.39, 0.29) is 0 Å². The van der Waals surface area contributed by atoms with E-state index in [9.17, 15) is 0 Å². The summed E-state index contributed by atoms with van der Waals surface area (Å²) in [5, 5.41) is 1.30. The minimum absolute atomic E-state index is 1.25. The Labute approximate surface area is 82.7 Å². The lowest BCUT2D eigenvalue weighted by Crippen LogP contribution is -1.66. The first-order valence-electron chi connectivity index (χ1n) is 4.81. The summed E-state index contributed by atoms with van der Waals surface area (Å²) in [6.45, 7) is 2.12. The summed E-state index contributed by atoms with van der Waals surface area (Å²) in [5.41, 5.74) is 5.15. The van der Waals surface area contributed by atoms with E-state index < -0.39 is 0 Å². The van der Waals surface area contributed by atoms with Crippen molar-refractivity contribution in [2.75, 3.05) is 0 Å². The summed E-state index contributed by atoms with van der Waals surface area (Å²) < 4.78 is 0. The molecule has 0 aromatic carbocycles. The van der Waals surface area contributed by atoms with Crippen LogP contribution in [0.2, 0.25) is 0 Å². The molecule has 1 aromatic heterocycles. The molecular formula is C13H11N. The van der Waals surface area contributed by atoms with E-state index >= 15 is 0 Å². The van der Waals surface area contributed by atoms with Crippen molar-refractivity contribution in [1.29, 1.82) is 0 Å². The lowest BCUT2D eigenvalue weighted by molar-refractivity contribution is 1.48. The van der Waals surface area contributed by atoms with Crippen LogP contribution in [0.3, 0.4) is 0 Å². The van der Waals surface area contributed by atoms with E-state index in [4.69, 9.17) is 0 Å². The van der Waals surface area contributed by atoms with Crippen LogP contribution in [0.15, 0.2) is 42.6 Å². The Hall–Kier alpha value is -1.76. The molecule has 68 valence electrons. The van der Waals surface area contributed by atoms with Gasteiger partial charge >= 0.3 is 0 Å². The number of nitrogens with one attached hydrogen (secondary N) is 1. The van der Waals surface area contributed by atoms with Gasteiger partial charge in [0.15, 0.2) is 0 Å². The van der Waals surface area contributed by atoms with Gasteiger partial charge in [-0.1, -0.05) is 29.8 Å². The van der Waals surface area contributed by atoms with E-state index in [1.807, 2.05) is 6.20 Å². The van der Waals surface area contributed by atoms with Crippen molar-refractivity contribution in [3.05, 3.63) is 48.2 Å². The third kappa shape index (κ3) is 0.956. The molecule has 0 saturated carbocycles. The summed E-state index contributed by atoms with van der Waals surface area (Å²) in [6.07, 6.45) is 1.99. The molecule has 0 spiro atoms. The first-order chi connectivity index (χ1) is 6.84. The van der Waals surface area contributed by atoms with Gasteiger partial charge in [0.25, 0.3) is 0 Å². The average Bonchev–Trinajstić information content (AvgIpc) is 2.67. The topological polar surface area (TPSA) is 15.8 Å². The fourth-order valence-electron chi connectivity index (χ4n) is 1.93. The van der Waals surface area contributed by atoms with Crippen molar-refractivity contribution in [3.8, 4) is 11.1 Å². The monoisotopic (exact) mass is 181 g/mol. The molecule has 1 aromatic rings. The maximum Gasteiger partial charge on any atom is 0.0533 e. The van der Waals surface area contributed by atoms with Gasteiger partial charge in [-0.2, -0.15) is 0 Å². The lowest BCUT2D eigenvalue weighted by atomic mass is 10.2. The Morgan fingerprint density at radius 1 is 1.00 bits per heavy atom. The first-order valence-corrected chi connectivity index (χ1v) is 4.81. The molecule has 0 fully saturated rings. The zero-order chi connectivity index (χ0) is 9.54. The number of aromatic amines is 1. The lowest BCUT2D eigenvalue weighted by Gasteiger charge is -1.89. The number of H-pyrrole nitrogens is 1. The standard InChI is InChI=1S/C13H11N/c1-9-2-4-10-8-11-6-7-14-13(11)12(10)5-3-9/h2-8,14H,1H3. The van der Waals surface area contributed by atoms with E-state index in [1.165, 1.54) is 27.6 Å². The van der Waals surface area contributed by atoms with Crippen LogP contribution < -0.4 is 0 Å². The van der Waals surface area contributed by atoms with Crippen molar-refractivity contribution in [2.24, 2.45) is 0 Å². The van der Waals surface area contributed by atoms with E-state index in [0.29, 0.717) is 0 Å². The normalized spacial score (nSPS) is 11.2. The average molecular weight is 181 g/mol. The Kier molecular flexibility index (Phi) is 1.42. The number of rotatable bonds is 0. The molecule has 2 aliphatic carbocycles. The number of fused-ring (bicyclic) bond motifs is 3. The molecule has 0 amide bonds. The Morgan fingerprint density at radius 2 is 1.86 bits per heavy atom. The molecule has 3 rings (SSSR count). The quantitative estimate of drug-likeness (QED) is 0.545. The molecule has 0 atom stereocenters. The molecule has 1 N–H and O–H groups in total. The van der Waals surface area contributed by atoms with Crippen molar-refractivity contribution < 1.29 is 0 Å². The fourth-order valence-corrected chi connectivity index (χ4v) is 1.93. The number of aromatic nitrogens is 1. The SMILES string of the molecule is Cc1ccc2cc3cc[nH]c3c-2cc1. The van der Waals surface area contributed by atoms with Crippen molar-refractivity contribution in [2.45, 2.75) is 6.92 Å². The highest BCUT2D eigenvalue weighted by Crippen LogP contribution is 2.32. The van der Waals surface area contributed by atoms with Crippen LogP contribution in [0.25, 0.3) is 22.0 Å². The van der Waals surface area contributed by atoms with Crippen LogP contribution in [-0.2, 0) is 0 Å². The van der Waals surface area contributed by atoms with E-state index in [2.05, 4.69) is 48.3 Å². The third-order valence-corrected chi connectivity index (χ3v) is 2.71. The first kappa shape index (κ1) is 7.63. The fraction of sp³-hybridized carbons (Fsp3) is 0.0769. The minimum Gasteiger partial charge on any atom is -0.361 e. The predicted octanol–water partition coefficient (Wildman–Crippen LogP) is 3.58.